The summed E-state index contributed by atoms with van der Waals surface area (Å²) in [5.41, 5.74) is 2.63. The smallest absolute Gasteiger partial charge is 0.308 e. The van der Waals surface area contributed by atoms with E-state index in [1.54, 1.807) is 6.07 Å². The van der Waals surface area contributed by atoms with Crippen LogP contribution in [0.4, 0.5) is 0 Å². The zero-order valence-corrected chi connectivity index (χ0v) is 9.44. The van der Waals surface area contributed by atoms with Gasteiger partial charge in [0, 0.05) is 18.0 Å². The second-order valence-corrected chi connectivity index (χ2v) is 3.69. The van der Waals surface area contributed by atoms with E-state index >= 15 is 0 Å². The number of aromatic nitrogens is 2. The highest BCUT2D eigenvalue weighted by atomic mass is 16.5. The van der Waals surface area contributed by atoms with Crippen LogP contribution in [0.5, 0.6) is 5.75 Å². The fraction of sp³-hybridized carbons (Fsp3) is 0.250. The van der Waals surface area contributed by atoms with Crippen LogP contribution in [0.25, 0.3) is 10.9 Å². The number of nitrogens with zero attached hydrogens (tertiary/aromatic N) is 2. The molecule has 0 saturated carbocycles. The first-order valence-corrected chi connectivity index (χ1v) is 4.98. The van der Waals surface area contributed by atoms with Gasteiger partial charge in [-0.3, -0.25) is 4.79 Å². The molecule has 2 rings (SSSR count). The minimum absolute atomic E-state index is 0.322. The van der Waals surface area contributed by atoms with Crippen LogP contribution < -0.4 is 4.74 Å². The Kier molecular flexibility index (Phi) is 2.56. The Morgan fingerprint density at radius 2 is 2.00 bits per heavy atom. The van der Waals surface area contributed by atoms with Crippen molar-refractivity contribution in [3.63, 3.8) is 0 Å². The standard InChI is InChI=1S/C12H12N2O2/c1-7-4-11-10(8(2)13-6-14-11)5-12(7)16-9(3)15/h4-6H,1-3H3. The lowest BCUT2D eigenvalue weighted by molar-refractivity contribution is -0.131. The molecule has 0 atom stereocenters. The molecule has 0 fully saturated rings. The van der Waals surface area contributed by atoms with E-state index in [0.29, 0.717) is 5.75 Å². The molecular weight excluding hydrogens is 204 g/mol. The molecule has 0 aliphatic carbocycles. The van der Waals surface area contributed by atoms with Gasteiger partial charge in [0.15, 0.2) is 0 Å². The molecule has 82 valence electrons. The van der Waals surface area contributed by atoms with Crippen LogP contribution in [0, 0.1) is 13.8 Å². The molecule has 0 unspecified atom stereocenters. The van der Waals surface area contributed by atoms with Gasteiger partial charge < -0.3 is 4.74 Å². The fourth-order valence-electron chi connectivity index (χ4n) is 1.58. The predicted octanol–water partition coefficient (Wildman–Crippen LogP) is 2.17. The summed E-state index contributed by atoms with van der Waals surface area (Å²) >= 11 is 0. The molecule has 0 bridgehead atoms. The van der Waals surface area contributed by atoms with E-state index in [1.165, 1.54) is 13.3 Å². The molecule has 0 N–H and O–H groups in total. The van der Waals surface area contributed by atoms with E-state index in [2.05, 4.69) is 9.97 Å². The Morgan fingerprint density at radius 1 is 1.25 bits per heavy atom. The lowest BCUT2D eigenvalue weighted by atomic mass is 10.1. The molecule has 1 heterocycles. The number of fused-ring (bicyclic) bond motifs is 1. The Labute approximate surface area is 93.3 Å². The highest BCUT2D eigenvalue weighted by Crippen LogP contribution is 2.25. The summed E-state index contributed by atoms with van der Waals surface area (Å²) in [5.74, 6) is 0.245. The Balaban J connectivity index is 2.64. The minimum Gasteiger partial charge on any atom is -0.426 e. The van der Waals surface area contributed by atoms with Crippen molar-refractivity contribution in [1.29, 1.82) is 0 Å². The van der Waals surface area contributed by atoms with Gasteiger partial charge in [-0.25, -0.2) is 9.97 Å². The first-order valence-electron chi connectivity index (χ1n) is 4.98. The highest BCUT2D eigenvalue weighted by molar-refractivity contribution is 5.84. The largest absolute Gasteiger partial charge is 0.426 e. The molecule has 1 aromatic heterocycles. The first kappa shape index (κ1) is 10.5. The highest BCUT2D eigenvalue weighted by Gasteiger charge is 2.07. The number of rotatable bonds is 1. The second kappa shape index (κ2) is 3.89. The van der Waals surface area contributed by atoms with Crippen LogP contribution in [0.2, 0.25) is 0 Å². The Morgan fingerprint density at radius 3 is 2.69 bits per heavy atom. The van der Waals surface area contributed by atoms with Gasteiger partial charge in [0.05, 0.1) is 5.52 Å². The van der Waals surface area contributed by atoms with Crippen molar-refractivity contribution in [3.8, 4) is 5.75 Å². The number of hydrogen-bond acceptors (Lipinski definition) is 4. The molecule has 0 amide bonds. The molecule has 0 aliphatic heterocycles. The summed E-state index contributed by atoms with van der Waals surface area (Å²) in [7, 11) is 0. The molecule has 1 aromatic carbocycles. The minimum atomic E-state index is -0.322. The van der Waals surface area contributed by atoms with Gasteiger partial charge in [-0.1, -0.05) is 0 Å². The third kappa shape index (κ3) is 1.86. The zero-order chi connectivity index (χ0) is 11.7. The topological polar surface area (TPSA) is 52.1 Å². The van der Waals surface area contributed by atoms with Gasteiger partial charge in [0.1, 0.15) is 12.1 Å². The summed E-state index contributed by atoms with van der Waals surface area (Å²) in [6, 6.07) is 3.70. The quantitative estimate of drug-likeness (QED) is 0.541. The van der Waals surface area contributed by atoms with Crippen molar-refractivity contribution in [2.45, 2.75) is 20.8 Å². The number of carbonyl (C=O) groups excluding carboxylic acids is 1. The molecule has 16 heavy (non-hydrogen) atoms. The van der Waals surface area contributed by atoms with Crippen molar-refractivity contribution < 1.29 is 9.53 Å². The molecule has 4 nitrogen and oxygen atoms in total. The monoisotopic (exact) mass is 216 g/mol. The maximum Gasteiger partial charge on any atom is 0.308 e. The van der Waals surface area contributed by atoms with Crippen LogP contribution in [0.1, 0.15) is 18.2 Å². The van der Waals surface area contributed by atoms with Gasteiger partial charge in [0.2, 0.25) is 0 Å². The number of carbonyl (C=O) groups is 1. The van der Waals surface area contributed by atoms with Gasteiger partial charge in [-0.05, 0) is 31.5 Å². The van der Waals surface area contributed by atoms with Crippen LogP contribution in [0.15, 0.2) is 18.5 Å². The number of esters is 1. The third-order valence-corrected chi connectivity index (χ3v) is 2.38. The van der Waals surface area contributed by atoms with Gasteiger partial charge in [-0.2, -0.15) is 0 Å². The normalized spacial score (nSPS) is 10.4. The van der Waals surface area contributed by atoms with Gasteiger partial charge in [0.25, 0.3) is 0 Å². The predicted molar refractivity (Wildman–Crippen MR) is 60.3 cm³/mol. The molecule has 0 spiro atoms. The molecule has 2 aromatic rings. The average molecular weight is 216 g/mol. The van der Waals surface area contributed by atoms with Crippen molar-refractivity contribution in [1.82, 2.24) is 9.97 Å². The van der Waals surface area contributed by atoms with Gasteiger partial charge >= 0.3 is 5.97 Å². The van der Waals surface area contributed by atoms with Crippen molar-refractivity contribution in [3.05, 3.63) is 29.7 Å². The van der Waals surface area contributed by atoms with Crippen molar-refractivity contribution >= 4 is 16.9 Å². The van der Waals surface area contributed by atoms with E-state index in [0.717, 1.165) is 22.2 Å². The zero-order valence-electron chi connectivity index (χ0n) is 9.44. The number of ether oxygens (including phenoxy) is 1. The molecule has 0 saturated heterocycles. The maximum atomic E-state index is 10.9. The lowest BCUT2D eigenvalue weighted by Crippen LogP contribution is -2.03. The van der Waals surface area contributed by atoms with E-state index in [-0.39, 0.29) is 5.97 Å². The fourth-order valence-corrected chi connectivity index (χ4v) is 1.58. The van der Waals surface area contributed by atoms with Crippen LogP contribution in [-0.4, -0.2) is 15.9 Å². The summed E-state index contributed by atoms with van der Waals surface area (Å²) in [4.78, 5) is 19.2. The Bertz CT molecular complexity index is 564. The van der Waals surface area contributed by atoms with Gasteiger partial charge in [-0.15, -0.1) is 0 Å². The van der Waals surface area contributed by atoms with Crippen LogP contribution in [-0.2, 0) is 4.79 Å². The number of benzene rings is 1. The molecule has 0 aliphatic rings. The Hall–Kier alpha value is -1.97. The summed E-state index contributed by atoms with van der Waals surface area (Å²) in [6.07, 6.45) is 1.53. The summed E-state index contributed by atoms with van der Waals surface area (Å²) < 4.78 is 5.11. The molecule has 4 heteroatoms. The third-order valence-electron chi connectivity index (χ3n) is 2.38. The summed E-state index contributed by atoms with van der Waals surface area (Å²) in [5, 5.41) is 0.907. The van der Waals surface area contributed by atoms with E-state index in [9.17, 15) is 4.79 Å². The maximum absolute atomic E-state index is 10.9. The number of hydrogen-bond donors (Lipinski definition) is 0. The van der Waals surface area contributed by atoms with E-state index in [4.69, 9.17) is 4.74 Å². The SMILES string of the molecule is CC(=O)Oc1cc2c(C)ncnc2cc1C. The first-order chi connectivity index (χ1) is 7.58. The van der Waals surface area contributed by atoms with Crippen LogP contribution in [0.3, 0.4) is 0 Å². The van der Waals surface area contributed by atoms with E-state index in [1.807, 2.05) is 19.9 Å². The second-order valence-electron chi connectivity index (χ2n) is 3.69. The lowest BCUT2D eigenvalue weighted by Gasteiger charge is -2.07. The van der Waals surface area contributed by atoms with Crippen LogP contribution >= 0.6 is 0 Å². The number of aryl methyl sites for hydroxylation is 2. The van der Waals surface area contributed by atoms with Crippen molar-refractivity contribution in [2.75, 3.05) is 0 Å². The summed E-state index contributed by atoms with van der Waals surface area (Å²) in [6.45, 7) is 5.17. The molecular formula is C12H12N2O2. The average Bonchev–Trinajstić information content (AvgIpc) is 2.20. The van der Waals surface area contributed by atoms with Crippen molar-refractivity contribution in [2.24, 2.45) is 0 Å². The van der Waals surface area contributed by atoms with E-state index < -0.39 is 0 Å². The molecule has 0 radical (unpaired) electrons.